The van der Waals surface area contributed by atoms with E-state index in [9.17, 15) is 0 Å². The molecule has 5 aromatic carbocycles. The van der Waals surface area contributed by atoms with Crippen LogP contribution in [0, 0.1) is 0 Å². The lowest BCUT2D eigenvalue weighted by molar-refractivity contribution is -0.707. The van der Waals surface area contributed by atoms with Crippen molar-refractivity contribution in [2.45, 2.75) is 18.4 Å². The van der Waals surface area contributed by atoms with Crippen LogP contribution in [0.4, 0.5) is 0 Å². The smallest absolute Gasteiger partial charge is 0.227 e. The SMILES string of the molecule is c1ccc2c(c1)-c1cccc[n+]1C1c3c(c4cc5c(cc4c4ccccn34)c3cccc4c6cc7c(cc6[n+]5c43)oc3ccccc37)CC21. The predicted octanol–water partition coefficient (Wildman–Crippen LogP) is 9.83. The molecule has 0 N–H and O–H groups in total. The van der Waals surface area contributed by atoms with Crippen molar-refractivity contribution >= 4 is 76.3 Å². The Morgan fingerprint density at radius 1 is 0.592 bits per heavy atom. The highest BCUT2D eigenvalue weighted by molar-refractivity contribution is 6.23. The molecule has 0 amide bonds. The maximum Gasteiger partial charge on any atom is 0.227 e. The average molecular weight is 626 g/mol. The molecule has 0 spiro atoms. The van der Waals surface area contributed by atoms with E-state index in [-0.39, 0.29) is 6.04 Å². The number of hydrogen-bond acceptors (Lipinski definition) is 1. The van der Waals surface area contributed by atoms with Gasteiger partial charge in [-0.1, -0.05) is 48.5 Å². The van der Waals surface area contributed by atoms with E-state index in [0.717, 1.165) is 17.6 Å². The number of rotatable bonds is 0. The molecular formula is C45H27N3O+2. The number of benzene rings is 5. The van der Waals surface area contributed by atoms with Gasteiger partial charge in [0.05, 0.1) is 44.7 Å². The van der Waals surface area contributed by atoms with E-state index in [1.807, 2.05) is 6.07 Å². The Morgan fingerprint density at radius 3 is 2.31 bits per heavy atom. The summed E-state index contributed by atoms with van der Waals surface area (Å²) in [5.74, 6) is 0.360. The molecule has 49 heavy (non-hydrogen) atoms. The van der Waals surface area contributed by atoms with Gasteiger partial charge < -0.3 is 8.82 Å². The molecule has 2 aliphatic rings. The molecule has 2 atom stereocenters. The molecule has 0 saturated carbocycles. The second-order valence-corrected chi connectivity index (χ2v) is 14.1. The van der Waals surface area contributed by atoms with E-state index in [0.29, 0.717) is 5.92 Å². The van der Waals surface area contributed by atoms with E-state index < -0.39 is 0 Å². The topological polar surface area (TPSA) is 25.5 Å². The average Bonchev–Trinajstić information content (AvgIpc) is 3.91. The third-order valence-corrected chi connectivity index (χ3v) is 11.9. The van der Waals surface area contributed by atoms with Gasteiger partial charge in [0.1, 0.15) is 11.2 Å². The summed E-state index contributed by atoms with van der Waals surface area (Å²) in [7, 11) is 0. The number of pyridine rings is 3. The highest BCUT2D eigenvalue weighted by Gasteiger charge is 2.48. The van der Waals surface area contributed by atoms with Gasteiger partial charge in [-0.2, -0.15) is 8.97 Å². The Morgan fingerprint density at radius 2 is 1.37 bits per heavy atom. The van der Waals surface area contributed by atoms with Crippen LogP contribution in [-0.2, 0) is 6.42 Å². The first-order valence-corrected chi connectivity index (χ1v) is 17.2. The quantitative estimate of drug-likeness (QED) is 0.122. The highest BCUT2D eigenvalue weighted by Crippen LogP contribution is 2.51. The van der Waals surface area contributed by atoms with E-state index in [2.05, 4.69) is 147 Å². The monoisotopic (exact) mass is 625 g/mol. The highest BCUT2D eigenvalue weighted by atomic mass is 16.3. The zero-order valence-electron chi connectivity index (χ0n) is 26.4. The fourth-order valence-electron chi connectivity index (χ4n) is 10.0. The number of hydrogen-bond donors (Lipinski definition) is 0. The van der Waals surface area contributed by atoms with Crippen LogP contribution in [0.3, 0.4) is 0 Å². The van der Waals surface area contributed by atoms with Gasteiger partial charge >= 0.3 is 0 Å². The van der Waals surface area contributed by atoms with Crippen molar-refractivity contribution in [3.8, 4) is 11.3 Å². The second-order valence-electron chi connectivity index (χ2n) is 14.1. The van der Waals surface area contributed by atoms with Gasteiger partial charge in [0.2, 0.25) is 28.3 Å². The van der Waals surface area contributed by atoms with Gasteiger partial charge in [0.15, 0.2) is 6.20 Å². The molecule has 4 heteroatoms. The second kappa shape index (κ2) is 8.41. The first-order valence-electron chi connectivity index (χ1n) is 17.2. The summed E-state index contributed by atoms with van der Waals surface area (Å²) in [6.45, 7) is 0. The third kappa shape index (κ3) is 2.86. The van der Waals surface area contributed by atoms with E-state index in [1.54, 1.807) is 0 Å². The van der Waals surface area contributed by atoms with E-state index >= 15 is 0 Å². The molecule has 0 fully saturated rings. The normalized spacial score (nSPS) is 16.9. The molecule has 0 radical (unpaired) electrons. The minimum atomic E-state index is 0.214. The number of fused-ring (bicyclic) bond motifs is 22. The molecular weight excluding hydrogens is 599 g/mol. The van der Waals surface area contributed by atoms with Gasteiger partial charge in [0, 0.05) is 46.1 Å². The van der Waals surface area contributed by atoms with Gasteiger partial charge in [0.25, 0.3) is 0 Å². The van der Waals surface area contributed by atoms with Crippen LogP contribution in [0.25, 0.3) is 87.6 Å². The van der Waals surface area contributed by atoms with Crippen molar-refractivity contribution in [1.82, 2.24) is 4.40 Å². The van der Waals surface area contributed by atoms with Crippen molar-refractivity contribution in [2.24, 2.45) is 0 Å². The van der Waals surface area contributed by atoms with Crippen molar-refractivity contribution in [2.75, 3.05) is 0 Å². The fourth-order valence-corrected chi connectivity index (χ4v) is 10.0. The predicted molar refractivity (Wildman–Crippen MR) is 196 cm³/mol. The number of nitrogens with zero attached hydrogens (tertiary/aromatic N) is 3. The zero-order valence-corrected chi connectivity index (χ0v) is 26.4. The Balaban J connectivity index is 1.19. The van der Waals surface area contributed by atoms with Gasteiger partial charge in [-0.3, -0.25) is 0 Å². The molecule has 2 unspecified atom stereocenters. The van der Waals surface area contributed by atoms with Gasteiger partial charge in [-0.25, -0.2) is 0 Å². The number of para-hydroxylation sites is 2. The molecule has 226 valence electrons. The summed E-state index contributed by atoms with van der Waals surface area (Å²) in [4.78, 5) is 0. The Hall–Kier alpha value is -6.26. The number of aromatic nitrogens is 3. The number of furan rings is 1. The van der Waals surface area contributed by atoms with E-state index in [4.69, 9.17) is 4.42 Å². The summed E-state index contributed by atoms with van der Waals surface area (Å²) < 4.78 is 14.0. The Bertz CT molecular complexity index is 3270. The van der Waals surface area contributed by atoms with Crippen LogP contribution in [0.5, 0.6) is 0 Å². The van der Waals surface area contributed by atoms with Crippen LogP contribution < -0.4 is 8.97 Å². The lowest BCUT2D eigenvalue weighted by atomic mass is 9.84. The van der Waals surface area contributed by atoms with Crippen LogP contribution in [-0.4, -0.2) is 4.40 Å². The fraction of sp³-hybridized carbons (Fsp3) is 0.0667. The van der Waals surface area contributed by atoms with Crippen molar-refractivity contribution in [3.63, 3.8) is 0 Å². The molecule has 0 bridgehead atoms. The maximum atomic E-state index is 6.43. The van der Waals surface area contributed by atoms with Crippen molar-refractivity contribution in [3.05, 3.63) is 157 Å². The molecule has 1 aliphatic carbocycles. The lowest BCUT2D eigenvalue weighted by Gasteiger charge is -2.26. The zero-order chi connectivity index (χ0) is 31.5. The molecule has 0 saturated heterocycles. The Labute approximate surface area is 279 Å². The minimum Gasteiger partial charge on any atom is -0.456 e. The summed E-state index contributed by atoms with van der Waals surface area (Å²) in [5.41, 5.74) is 13.8. The summed E-state index contributed by atoms with van der Waals surface area (Å²) in [6.07, 6.45) is 5.57. The first-order chi connectivity index (χ1) is 24.3. The Kier molecular flexibility index (Phi) is 4.27. The molecule has 13 rings (SSSR count). The molecule has 7 heterocycles. The largest absolute Gasteiger partial charge is 0.456 e. The van der Waals surface area contributed by atoms with Crippen LogP contribution in [0.15, 0.2) is 144 Å². The van der Waals surface area contributed by atoms with E-state index in [1.165, 1.54) is 93.2 Å². The summed E-state index contributed by atoms with van der Waals surface area (Å²) >= 11 is 0. The third-order valence-electron chi connectivity index (χ3n) is 11.9. The summed E-state index contributed by atoms with van der Waals surface area (Å²) in [6, 6.07) is 47.4. The molecule has 11 aromatic rings. The molecule has 4 nitrogen and oxygen atoms in total. The molecule has 1 aliphatic heterocycles. The molecule has 6 aromatic heterocycles. The maximum absolute atomic E-state index is 6.43. The van der Waals surface area contributed by atoms with Crippen LogP contribution in [0.2, 0.25) is 0 Å². The standard InChI is InChI=1S/C45H27N3O/c1-2-11-26-25(10-1)35-22-36-30-23-39-31(20-33(30)38-16-6-8-19-47(38)45(36)44(35)46-18-7-5-15-37(26)46)28-13-9-14-29-32-21-34-27-12-3-4-17-41(27)49-42(34)24-40(32)48(39)43(28)29/h1-21,23-24,35,44H,22H2/q+2. The van der Waals surface area contributed by atoms with Crippen LogP contribution >= 0.6 is 0 Å². The van der Waals surface area contributed by atoms with Gasteiger partial charge in [-0.15, -0.1) is 0 Å². The lowest BCUT2D eigenvalue weighted by Crippen LogP contribution is -2.46. The van der Waals surface area contributed by atoms with Crippen LogP contribution in [0.1, 0.15) is 28.8 Å². The van der Waals surface area contributed by atoms with Crippen molar-refractivity contribution < 1.29 is 13.4 Å². The van der Waals surface area contributed by atoms with Crippen molar-refractivity contribution in [1.29, 1.82) is 0 Å². The summed E-state index contributed by atoms with van der Waals surface area (Å²) in [5, 5.41) is 10.2. The first kappa shape index (κ1) is 24.9. The minimum absolute atomic E-state index is 0.214. The van der Waals surface area contributed by atoms with Gasteiger partial charge in [-0.05, 0) is 77.5 Å².